The topological polar surface area (TPSA) is 102 Å². The number of hydrogen-bond donors (Lipinski definition) is 2. The first kappa shape index (κ1) is 22.9. The Labute approximate surface area is 194 Å². The lowest BCUT2D eigenvalue weighted by atomic mass is 9.94. The fourth-order valence-corrected chi connectivity index (χ4v) is 3.86. The van der Waals surface area contributed by atoms with E-state index in [2.05, 4.69) is 20.5 Å². The van der Waals surface area contributed by atoms with E-state index >= 15 is 0 Å². The molecule has 0 spiro atoms. The van der Waals surface area contributed by atoms with E-state index in [0.717, 1.165) is 27.2 Å². The molecule has 0 radical (unpaired) electrons. The zero-order valence-electron chi connectivity index (χ0n) is 18.7. The minimum absolute atomic E-state index is 0.0360. The molecule has 174 valence electrons. The van der Waals surface area contributed by atoms with Crippen molar-refractivity contribution >= 4 is 39.5 Å². The maximum absolute atomic E-state index is 15.0. The van der Waals surface area contributed by atoms with E-state index in [9.17, 15) is 18.8 Å². The minimum Gasteiger partial charge on any atom is -0.468 e. The van der Waals surface area contributed by atoms with Crippen LogP contribution >= 0.6 is 0 Å². The molecule has 8 nitrogen and oxygen atoms in total. The number of benzene rings is 3. The monoisotopic (exact) mass is 462 g/mol. The van der Waals surface area contributed by atoms with E-state index in [1.54, 1.807) is 24.0 Å². The Morgan fingerprint density at radius 3 is 2.50 bits per heavy atom. The normalized spacial score (nSPS) is 10.9. The summed E-state index contributed by atoms with van der Waals surface area (Å²) in [6.07, 6.45) is 1.66. The molecule has 9 heteroatoms. The van der Waals surface area contributed by atoms with Crippen molar-refractivity contribution in [2.75, 3.05) is 20.2 Å². The summed E-state index contributed by atoms with van der Waals surface area (Å²) in [5.41, 5.74) is 2.72. The summed E-state index contributed by atoms with van der Waals surface area (Å²) in [6, 6.07) is 14.3. The predicted octanol–water partition coefficient (Wildman–Crippen LogP) is 2.48. The van der Waals surface area contributed by atoms with Crippen molar-refractivity contribution in [2.45, 2.75) is 6.42 Å². The summed E-state index contributed by atoms with van der Waals surface area (Å²) in [5, 5.41) is 11.4. The largest absolute Gasteiger partial charge is 0.468 e. The first-order valence-corrected chi connectivity index (χ1v) is 10.6. The van der Waals surface area contributed by atoms with E-state index < -0.39 is 11.9 Å². The number of hydrogen-bond acceptors (Lipinski definition) is 5. The van der Waals surface area contributed by atoms with E-state index in [1.807, 2.05) is 36.4 Å². The zero-order chi connectivity index (χ0) is 24.2. The number of nitrogens with zero attached hydrogens (tertiary/aromatic N) is 2. The molecule has 4 aromatic rings. The third kappa shape index (κ3) is 4.73. The van der Waals surface area contributed by atoms with Crippen LogP contribution < -0.4 is 10.6 Å². The number of methoxy groups -OCH3 is 1. The molecule has 0 bridgehead atoms. The van der Waals surface area contributed by atoms with Crippen LogP contribution in [0.4, 0.5) is 4.39 Å². The Kier molecular flexibility index (Phi) is 6.53. The van der Waals surface area contributed by atoms with Crippen LogP contribution in [0, 0.1) is 5.82 Å². The van der Waals surface area contributed by atoms with E-state index in [0.29, 0.717) is 11.1 Å². The van der Waals surface area contributed by atoms with Crippen molar-refractivity contribution in [2.24, 2.45) is 7.05 Å². The minimum atomic E-state index is -0.579. The van der Waals surface area contributed by atoms with Crippen LogP contribution in [-0.2, 0) is 32.6 Å². The second kappa shape index (κ2) is 9.70. The maximum Gasteiger partial charge on any atom is 0.325 e. The van der Waals surface area contributed by atoms with Crippen LogP contribution in [0.3, 0.4) is 0 Å². The third-order valence-corrected chi connectivity index (χ3v) is 5.59. The molecule has 0 saturated heterocycles. The van der Waals surface area contributed by atoms with Gasteiger partial charge in [0.25, 0.3) is 0 Å². The second-order valence-corrected chi connectivity index (χ2v) is 7.78. The average Bonchev–Trinajstić information content (AvgIpc) is 3.19. The summed E-state index contributed by atoms with van der Waals surface area (Å²) in [4.78, 5) is 35.3. The van der Waals surface area contributed by atoms with Gasteiger partial charge in [0.1, 0.15) is 12.4 Å². The Hall–Kier alpha value is -4.27. The molecule has 1 heterocycles. The smallest absolute Gasteiger partial charge is 0.325 e. The van der Waals surface area contributed by atoms with Gasteiger partial charge in [0, 0.05) is 18.0 Å². The summed E-state index contributed by atoms with van der Waals surface area (Å²) >= 11 is 0. The number of fused-ring (bicyclic) bond motifs is 2. The molecule has 2 amide bonds. The van der Waals surface area contributed by atoms with Crippen molar-refractivity contribution in [1.29, 1.82) is 0 Å². The molecule has 34 heavy (non-hydrogen) atoms. The van der Waals surface area contributed by atoms with E-state index in [1.165, 1.54) is 13.2 Å². The highest BCUT2D eigenvalue weighted by Crippen LogP contribution is 2.34. The Bertz CT molecular complexity index is 1410. The number of rotatable bonds is 7. The van der Waals surface area contributed by atoms with Gasteiger partial charge >= 0.3 is 5.97 Å². The fraction of sp³-hybridized carbons (Fsp3) is 0.200. The lowest BCUT2D eigenvalue weighted by molar-refractivity contribution is -0.141. The molecular weight excluding hydrogens is 439 g/mol. The number of carbonyl (C=O) groups is 3. The summed E-state index contributed by atoms with van der Waals surface area (Å²) in [5.74, 6) is -1.78. The van der Waals surface area contributed by atoms with Crippen molar-refractivity contribution in [3.63, 3.8) is 0 Å². The lowest BCUT2D eigenvalue weighted by Gasteiger charge is -2.12. The number of aryl methyl sites for hydroxylation is 1. The van der Waals surface area contributed by atoms with Gasteiger partial charge in [-0.15, -0.1) is 0 Å². The quantitative estimate of drug-likeness (QED) is 0.411. The Morgan fingerprint density at radius 1 is 0.971 bits per heavy atom. The number of carbonyl (C=O) groups excluding carboxylic acids is 3. The Morgan fingerprint density at radius 2 is 1.71 bits per heavy atom. The van der Waals surface area contributed by atoms with Crippen LogP contribution in [0.2, 0.25) is 0 Å². The van der Waals surface area contributed by atoms with Gasteiger partial charge in [-0.25, -0.2) is 4.39 Å². The average molecular weight is 462 g/mol. The number of aromatic nitrogens is 2. The molecule has 4 rings (SSSR count). The standard InChI is InChI=1S/C25H23FN4O4/c1-30-22-11-20(21(26)9-16(22)12-29-30)19-8-4-6-17-15(5-3-7-18(17)19)10-23(31)27-13-24(32)28-14-25(33)34-2/h3-9,11-12H,10,13-14H2,1-2H3,(H,27,31)(H,28,32). The lowest BCUT2D eigenvalue weighted by Crippen LogP contribution is -2.39. The summed E-state index contributed by atoms with van der Waals surface area (Å²) < 4.78 is 21.1. The molecular formula is C25H23FN4O4. The third-order valence-electron chi connectivity index (χ3n) is 5.59. The zero-order valence-corrected chi connectivity index (χ0v) is 18.7. The van der Waals surface area contributed by atoms with Crippen LogP contribution in [0.1, 0.15) is 5.56 Å². The van der Waals surface area contributed by atoms with Crippen LogP contribution in [0.15, 0.2) is 54.7 Å². The highest BCUT2D eigenvalue weighted by Gasteiger charge is 2.15. The van der Waals surface area contributed by atoms with Gasteiger partial charge in [0.15, 0.2) is 0 Å². The molecule has 0 unspecified atom stereocenters. The fourth-order valence-electron chi connectivity index (χ4n) is 3.86. The van der Waals surface area contributed by atoms with Gasteiger partial charge in [0.05, 0.1) is 31.8 Å². The summed E-state index contributed by atoms with van der Waals surface area (Å²) in [6.45, 7) is -0.528. The van der Waals surface area contributed by atoms with Gasteiger partial charge in [-0.1, -0.05) is 36.4 Å². The number of esters is 1. The van der Waals surface area contributed by atoms with E-state index in [-0.39, 0.29) is 31.2 Å². The predicted molar refractivity (Wildman–Crippen MR) is 125 cm³/mol. The second-order valence-electron chi connectivity index (χ2n) is 7.78. The molecule has 0 aliphatic heterocycles. The van der Waals surface area contributed by atoms with Crippen LogP contribution in [-0.4, -0.2) is 47.8 Å². The van der Waals surface area contributed by atoms with Gasteiger partial charge in [-0.05, 0) is 34.0 Å². The molecule has 2 N–H and O–H groups in total. The molecule has 0 atom stereocenters. The van der Waals surface area contributed by atoms with Crippen LogP contribution in [0.5, 0.6) is 0 Å². The molecule has 0 fully saturated rings. The first-order valence-electron chi connectivity index (χ1n) is 10.6. The SMILES string of the molecule is COC(=O)CNC(=O)CNC(=O)Cc1cccc2c(-c3cc4c(cnn4C)cc3F)cccc12. The first-order chi connectivity index (χ1) is 16.4. The molecule has 0 aliphatic rings. The summed E-state index contributed by atoms with van der Waals surface area (Å²) in [7, 11) is 3.02. The number of ether oxygens (including phenoxy) is 1. The van der Waals surface area contributed by atoms with Crippen molar-refractivity contribution in [3.05, 3.63) is 66.1 Å². The molecule has 0 aliphatic carbocycles. The molecule has 3 aromatic carbocycles. The Balaban J connectivity index is 1.56. The van der Waals surface area contributed by atoms with Crippen molar-refractivity contribution in [1.82, 2.24) is 20.4 Å². The highest BCUT2D eigenvalue weighted by molar-refractivity contribution is 6.01. The highest BCUT2D eigenvalue weighted by atomic mass is 19.1. The van der Waals surface area contributed by atoms with Gasteiger partial charge in [0.2, 0.25) is 11.8 Å². The number of nitrogens with one attached hydrogen (secondary N) is 2. The van der Waals surface area contributed by atoms with Crippen LogP contribution in [0.25, 0.3) is 32.8 Å². The van der Waals surface area contributed by atoms with Crippen molar-refractivity contribution < 1.29 is 23.5 Å². The van der Waals surface area contributed by atoms with E-state index in [4.69, 9.17) is 0 Å². The van der Waals surface area contributed by atoms with Gasteiger partial charge < -0.3 is 15.4 Å². The number of halogens is 1. The van der Waals surface area contributed by atoms with Crippen molar-refractivity contribution in [3.8, 4) is 11.1 Å². The maximum atomic E-state index is 15.0. The molecule has 1 aromatic heterocycles. The number of amides is 2. The van der Waals surface area contributed by atoms with Gasteiger partial charge in [-0.2, -0.15) is 5.10 Å². The molecule has 0 saturated carbocycles. The van der Waals surface area contributed by atoms with Gasteiger partial charge in [-0.3, -0.25) is 19.1 Å².